The van der Waals surface area contributed by atoms with Crippen molar-refractivity contribution in [2.45, 2.75) is 33.1 Å². The standard InChI is InChI=1S/C21H36N4O/c1-18(2)16-25-13-7-9-19(17-25)15-24-21(22-3)23-12-8-14-26-20-10-5-4-6-11-20/h4-6,10-11,18-19H,7-9,12-17H2,1-3H3,(H2,22,23,24). The van der Waals surface area contributed by atoms with Gasteiger partial charge in [-0.3, -0.25) is 4.99 Å². The number of aliphatic imine (C=N–C) groups is 1. The zero-order valence-electron chi connectivity index (χ0n) is 16.7. The average Bonchev–Trinajstić information content (AvgIpc) is 2.64. The number of hydrogen-bond acceptors (Lipinski definition) is 3. The van der Waals surface area contributed by atoms with Gasteiger partial charge in [0.05, 0.1) is 6.61 Å². The highest BCUT2D eigenvalue weighted by atomic mass is 16.5. The lowest BCUT2D eigenvalue weighted by atomic mass is 9.97. The van der Waals surface area contributed by atoms with Crippen LogP contribution in [-0.4, -0.2) is 57.2 Å². The molecule has 1 heterocycles. The minimum Gasteiger partial charge on any atom is -0.494 e. The Balaban J connectivity index is 1.58. The average molecular weight is 361 g/mol. The predicted molar refractivity (Wildman–Crippen MR) is 110 cm³/mol. The number of rotatable bonds is 9. The summed E-state index contributed by atoms with van der Waals surface area (Å²) < 4.78 is 5.71. The monoisotopic (exact) mass is 360 g/mol. The molecule has 0 bridgehead atoms. The number of likely N-dealkylation sites (tertiary alicyclic amines) is 1. The summed E-state index contributed by atoms with van der Waals surface area (Å²) in [5.41, 5.74) is 0. The molecule has 2 N–H and O–H groups in total. The molecule has 26 heavy (non-hydrogen) atoms. The lowest BCUT2D eigenvalue weighted by molar-refractivity contribution is 0.159. The minimum atomic E-state index is 0.709. The van der Waals surface area contributed by atoms with E-state index in [-0.39, 0.29) is 0 Å². The van der Waals surface area contributed by atoms with E-state index >= 15 is 0 Å². The third-order valence-electron chi connectivity index (χ3n) is 4.63. The fraction of sp³-hybridized carbons (Fsp3) is 0.667. The molecule has 0 radical (unpaired) electrons. The molecule has 146 valence electrons. The van der Waals surface area contributed by atoms with Gasteiger partial charge in [-0.2, -0.15) is 0 Å². The van der Waals surface area contributed by atoms with Crippen LogP contribution in [0, 0.1) is 11.8 Å². The normalized spacial score (nSPS) is 18.8. The molecule has 1 aliphatic rings. The number of nitrogens with zero attached hydrogens (tertiary/aromatic N) is 2. The molecule has 0 aromatic heterocycles. The summed E-state index contributed by atoms with van der Waals surface area (Å²) in [6.07, 6.45) is 3.56. The first-order valence-electron chi connectivity index (χ1n) is 10.0. The van der Waals surface area contributed by atoms with Gasteiger partial charge in [0.25, 0.3) is 0 Å². The van der Waals surface area contributed by atoms with E-state index in [1.807, 2.05) is 37.4 Å². The molecule has 5 heteroatoms. The van der Waals surface area contributed by atoms with Gasteiger partial charge in [0.1, 0.15) is 5.75 Å². The van der Waals surface area contributed by atoms with E-state index in [1.54, 1.807) is 0 Å². The van der Waals surface area contributed by atoms with Crippen LogP contribution in [0.25, 0.3) is 0 Å². The smallest absolute Gasteiger partial charge is 0.190 e. The van der Waals surface area contributed by atoms with Crippen molar-refractivity contribution in [3.05, 3.63) is 30.3 Å². The van der Waals surface area contributed by atoms with Crippen LogP contribution in [0.1, 0.15) is 33.1 Å². The second-order valence-electron chi connectivity index (χ2n) is 7.56. The summed E-state index contributed by atoms with van der Waals surface area (Å²) in [6, 6.07) is 9.96. The Labute approximate surface area is 159 Å². The van der Waals surface area contributed by atoms with E-state index in [4.69, 9.17) is 4.74 Å². The Hall–Kier alpha value is -1.75. The van der Waals surface area contributed by atoms with Crippen molar-refractivity contribution in [2.24, 2.45) is 16.8 Å². The summed E-state index contributed by atoms with van der Waals surface area (Å²) in [6.45, 7) is 10.8. The largest absolute Gasteiger partial charge is 0.494 e. The molecule has 5 nitrogen and oxygen atoms in total. The highest BCUT2D eigenvalue weighted by Gasteiger charge is 2.20. The first-order chi connectivity index (χ1) is 12.7. The van der Waals surface area contributed by atoms with Crippen molar-refractivity contribution in [1.29, 1.82) is 0 Å². The van der Waals surface area contributed by atoms with E-state index in [2.05, 4.69) is 34.4 Å². The van der Waals surface area contributed by atoms with E-state index < -0.39 is 0 Å². The third kappa shape index (κ3) is 8.09. The van der Waals surface area contributed by atoms with E-state index in [0.29, 0.717) is 12.5 Å². The fourth-order valence-corrected chi connectivity index (χ4v) is 3.45. The number of para-hydroxylation sites is 1. The SMILES string of the molecule is CN=C(NCCCOc1ccccc1)NCC1CCCN(CC(C)C)C1. The van der Waals surface area contributed by atoms with Gasteiger partial charge in [0, 0.05) is 33.2 Å². The Morgan fingerprint density at radius 1 is 1.27 bits per heavy atom. The van der Waals surface area contributed by atoms with Crippen molar-refractivity contribution < 1.29 is 4.74 Å². The van der Waals surface area contributed by atoms with Crippen LogP contribution in [0.4, 0.5) is 0 Å². The summed E-state index contributed by atoms with van der Waals surface area (Å²) in [5, 5.41) is 6.88. The molecular formula is C21H36N4O. The summed E-state index contributed by atoms with van der Waals surface area (Å²) in [4.78, 5) is 6.94. The van der Waals surface area contributed by atoms with Gasteiger partial charge in [-0.25, -0.2) is 0 Å². The van der Waals surface area contributed by atoms with E-state index in [9.17, 15) is 0 Å². The Morgan fingerprint density at radius 3 is 2.81 bits per heavy atom. The number of guanidine groups is 1. The quantitative estimate of drug-likeness (QED) is 0.404. The van der Waals surface area contributed by atoms with Gasteiger partial charge in [-0.05, 0) is 49.8 Å². The Kier molecular flexibility index (Phi) is 9.32. The maximum Gasteiger partial charge on any atom is 0.190 e. The van der Waals surface area contributed by atoms with Crippen molar-refractivity contribution in [1.82, 2.24) is 15.5 Å². The number of benzene rings is 1. The maximum atomic E-state index is 5.71. The van der Waals surface area contributed by atoms with E-state index in [1.165, 1.54) is 32.5 Å². The van der Waals surface area contributed by atoms with Crippen LogP contribution in [0.2, 0.25) is 0 Å². The number of nitrogens with one attached hydrogen (secondary N) is 2. The second-order valence-corrected chi connectivity index (χ2v) is 7.56. The zero-order chi connectivity index (χ0) is 18.6. The number of hydrogen-bond donors (Lipinski definition) is 2. The van der Waals surface area contributed by atoms with Gasteiger partial charge < -0.3 is 20.3 Å². The molecular weight excluding hydrogens is 324 g/mol. The number of piperidine rings is 1. The van der Waals surface area contributed by atoms with Crippen LogP contribution >= 0.6 is 0 Å². The molecule has 1 fully saturated rings. The zero-order valence-corrected chi connectivity index (χ0v) is 16.7. The fourth-order valence-electron chi connectivity index (χ4n) is 3.45. The lowest BCUT2D eigenvalue weighted by Crippen LogP contribution is -2.45. The molecule has 1 saturated heterocycles. The van der Waals surface area contributed by atoms with Crippen molar-refractivity contribution in [3.63, 3.8) is 0 Å². The van der Waals surface area contributed by atoms with Gasteiger partial charge in [0.2, 0.25) is 0 Å². The lowest BCUT2D eigenvalue weighted by Gasteiger charge is -2.34. The molecule has 1 atom stereocenters. The predicted octanol–water partition coefficient (Wildman–Crippen LogP) is 2.99. The molecule has 1 aromatic rings. The first kappa shape index (κ1) is 20.6. The van der Waals surface area contributed by atoms with Crippen LogP contribution in [0.5, 0.6) is 5.75 Å². The minimum absolute atomic E-state index is 0.709. The summed E-state index contributed by atoms with van der Waals surface area (Å²) >= 11 is 0. The highest BCUT2D eigenvalue weighted by Crippen LogP contribution is 2.16. The second kappa shape index (κ2) is 11.8. The van der Waals surface area contributed by atoms with Crippen LogP contribution in [0.3, 0.4) is 0 Å². The van der Waals surface area contributed by atoms with Gasteiger partial charge in [-0.15, -0.1) is 0 Å². The van der Waals surface area contributed by atoms with Crippen LogP contribution in [-0.2, 0) is 0 Å². The third-order valence-corrected chi connectivity index (χ3v) is 4.63. The molecule has 1 aliphatic heterocycles. The Morgan fingerprint density at radius 2 is 2.08 bits per heavy atom. The number of ether oxygens (including phenoxy) is 1. The van der Waals surface area contributed by atoms with Crippen LogP contribution in [0.15, 0.2) is 35.3 Å². The first-order valence-corrected chi connectivity index (χ1v) is 10.0. The van der Waals surface area contributed by atoms with Gasteiger partial charge in [-0.1, -0.05) is 32.0 Å². The summed E-state index contributed by atoms with van der Waals surface area (Å²) in [5.74, 6) is 3.28. The van der Waals surface area contributed by atoms with Gasteiger partial charge in [0.15, 0.2) is 5.96 Å². The molecule has 0 aliphatic carbocycles. The van der Waals surface area contributed by atoms with Crippen molar-refractivity contribution in [3.8, 4) is 5.75 Å². The summed E-state index contributed by atoms with van der Waals surface area (Å²) in [7, 11) is 1.84. The van der Waals surface area contributed by atoms with Gasteiger partial charge >= 0.3 is 0 Å². The molecule has 2 rings (SSSR count). The van der Waals surface area contributed by atoms with E-state index in [0.717, 1.165) is 37.1 Å². The molecule has 1 unspecified atom stereocenters. The molecule has 0 spiro atoms. The highest BCUT2D eigenvalue weighted by molar-refractivity contribution is 5.79. The van der Waals surface area contributed by atoms with Crippen molar-refractivity contribution >= 4 is 5.96 Å². The topological polar surface area (TPSA) is 48.9 Å². The Bertz CT molecular complexity index is 518. The van der Waals surface area contributed by atoms with Crippen LogP contribution < -0.4 is 15.4 Å². The molecule has 0 saturated carbocycles. The maximum absolute atomic E-state index is 5.71. The van der Waals surface area contributed by atoms with Crippen molar-refractivity contribution in [2.75, 3.05) is 46.4 Å². The molecule has 0 amide bonds. The molecule has 1 aromatic carbocycles.